The second-order valence-electron chi connectivity index (χ2n) is 3.46. The van der Waals surface area contributed by atoms with Crippen LogP contribution in [0.15, 0.2) is 0 Å². The number of nitrogens with one attached hydrogen (secondary N) is 1. The number of rotatable bonds is 2. The molecule has 1 rings (SSSR count). The summed E-state index contributed by atoms with van der Waals surface area (Å²) in [6.45, 7) is 4.96. The van der Waals surface area contributed by atoms with E-state index >= 15 is 0 Å². The maximum atomic E-state index is 10.7. The topological polar surface area (TPSA) is 49.3 Å². The average molecular weight is 157 g/mol. The SMILES string of the molecule is CC(C)[C@H]1NCC[C@H]1C(=O)O. The summed E-state index contributed by atoms with van der Waals surface area (Å²) in [5.74, 6) is -0.415. The zero-order chi connectivity index (χ0) is 8.43. The highest BCUT2D eigenvalue weighted by Crippen LogP contribution is 2.21. The summed E-state index contributed by atoms with van der Waals surface area (Å²) in [6.07, 6.45) is 0.776. The molecule has 0 aromatic heterocycles. The van der Waals surface area contributed by atoms with Gasteiger partial charge < -0.3 is 10.4 Å². The lowest BCUT2D eigenvalue weighted by Gasteiger charge is -2.19. The molecular weight excluding hydrogens is 142 g/mol. The average Bonchev–Trinajstić information content (AvgIpc) is 2.32. The van der Waals surface area contributed by atoms with Crippen LogP contribution in [0.4, 0.5) is 0 Å². The molecule has 0 spiro atoms. The van der Waals surface area contributed by atoms with Gasteiger partial charge in [-0.05, 0) is 18.9 Å². The van der Waals surface area contributed by atoms with Crippen molar-refractivity contribution >= 4 is 5.97 Å². The first-order valence-electron chi connectivity index (χ1n) is 4.09. The highest BCUT2D eigenvalue weighted by molar-refractivity contribution is 5.71. The van der Waals surface area contributed by atoms with Gasteiger partial charge in [0.15, 0.2) is 0 Å². The van der Waals surface area contributed by atoms with E-state index in [0.717, 1.165) is 13.0 Å². The summed E-state index contributed by atoms with van der Waals surface area (Å²) < 4.78 is 0. The predicted octanol–water partition coefficient (Wildman–Crippen LogP) is 0.705. The minimum absolute atomic E-state index is 0.171. The Bertz CT molecular complexity index is 156. The Kier molecular flexibility index (Phi) is 2.49. The minimum Gasteiger partial charge on any atom is -0.481 e. The zero-order valence-electron chi connectivity index (χ0n) is 7.00. The van der Waals surface area contributed by atoms with Crippen LogP contribution in [-0.4, -0.2) is 23.7 Å². The first-order valence-corrected chi connectivity index (χ1v) is 4.09. The van der Waals surface area contributed by atoms with Gasteiger partial charge in [-0.1, -0.05) is 13.8 Å². The third-order valence-corrected chi connectivity index (χ3v) is 2.30. The van der Waals surface area contributed by atoms with E-state index in [1.165, 1.54) is 0 Å². The summed E-state index contributed by atoms with van der Waals surface area (Å²) in [4.78, 5) is 10.7. The molecule has 1 aliphatic rings. The molecule has 2 N–H and O–H groups in total. The van der Waals surface area contributed by atoms with Crippen LogP contribution in [0.2, 0.25) is 0 Å². The van der Waals surface area contributed by atoms with Crippen molar-refractivity contribution in [1.82, 2.24) is 5.32 Å². The Hall–Kier alpha value is -0.570. The maximum absolute atomic E-state index is 10.7. The third kappa shape index (κ3) is 1.71. The number of carboxylic acid groups (broad SMARTS) is 1. The van der Waals surface area contributed by atoms with Crippen LogP contribution in [-0.2, 0) is 4.79 Å². The Morgan fingerprint density at radius 2 is 2.27 bits per heavy atom. The van der Waals surface area contributed by atoms with E-state index in [9.17, 15) is 4.79 Å². The Morgan fingerprint density at radius 3 is 2.64 bits per heavy atom. The number of aliphatic carboxylic acids is 1. The summed E-state index contributed by atoms with van der Waals surface area (Å²) in [6, 6.07) is 0.174. The predicted molar refractivity (Wildman–Crippen MR) is 42.4 cm³/mol. The van der Waals surface area contributed by atoms with Gasteiger partial charge in [-0.25, -0.2) is 0 Å². The molecule has 3 heteroatoms. The van der Waals surface area contributed by atoms with Crippen molar-refractivity contribution in [1.29, 1.82) is 0 Å². The molecule has 0 aliphatic carbocycles. The lowest BCUT2D eigenvalue weighted by Crippen LogP contribution is -2.35. The van der Waals surface area contributed by atoms with Gasteiger partial charge in [0.1, 0.15) is 0 Å². The molecule has 11 heavy (non-hydrogen) atoms. The minimum atomic E-state index is -0.659. The number of hydrogen-bond acceptors (Lipinski definition) is 2. The maximum Gasteiger partial charge on any atom is 0.308 e. The molecule has 0 radical (unpaired) electrons. The van der Waals surface area contributed by atoms with Gasteiger partial charge in [0.25, 0.3) is 0 Å². The third-order valence-electron chi connectivity index (χ3n) is 2.30. The van der Waals surface area contributed by atoms with E-state index in [4.69, 9.17) is 5.11 Å². The highest BCUT2D eigenvalue weighted by Gasteiger charge is 2.34. The van der Waals surface area contributed by atoms with Crippen molar-refractivity contribution in [2.75, 3.05) is 6.54 Å². The smallest absolute Gasteiger partial charge is 0.308 e. The van der Waals surface area contributed by atoms with E-state index in [1.54, 1.807) is 0 Å². The quantitative estimate of drug-likeness (QED) is 0.620. The molecule has 0 amide bonds. The van der Waals surface area contributed by atoms with Crippen LogP contribution in [0, 0.1) is 11.8 Å². The molecule has 0 aromatic carbocycles. The number of carboxylic acids is 1. The summed E-state index contributed by atoms with van der Waals surface area (Å²) in [5.41, 5.74) is 0. The standard InChI is InChI=1S/C8H15NO2/c1-5(2)7-6(8(10)11)3-4-9-7/h5-7,9H,3-4H2,1-2H3,(H,10,11)/t6-,7-/m1/s1. The number of hydrogen-bond donors (Lipinski definition) is 2. The van der Waals surface area contributed by atoms with Crippen molar-refractivity contribution in [2.45, 2.75) is 26.3 Å². The monoisotopic (exact) mass is 157 g/mol. The molecule has 0 saturated carbocycles. The Labute approximate surface area is 66.8 Å². The van der Waals surface area contributed by atoms with Crippen LogP contribution in [0.5, 0.6) is 0 Å². The Morgan fingerprint density at radius 1 is 1.64 bits per heavy atom. The molecule has 1 fully saturated rings. The molecule has 0 bridgehead atoms. The van der Waals surface area contributed by atoms with Gasteiger partial charge in [0.2, 0.25) is 0 Å². The highest BCUT2D eigenvalue weighted by atomic mass is 16.4. The van der Waals surface area contributed by atoms with Crippen LogP contribution >= 0.6 is 0 Å². The molecule has 2 atom stereocenters. The molecule has 0 aromatic rings. The van der Waals surface area contributed by atoms with Gasteiger partial charge in [-0.15, -0.1) is 0 Å². The second kappa shape index (κ2) is 3.22. The van der Waals surface area contributed by atoms with Crippen molar-refractivity contribution in [3.8, 4) is 0 Å². The van der Waals surface area contributed by atoms with Gasteiger partial charge >= 0.3 is 5.97 Å². The molecule has 1 saturated heterocycles. The number of carbonyl (C=O) groups is 1. The fourth-order valence-electron chi connectivity index (χ4n) is 1.70. The first-order chi connectivity index (χ1) is 5.13. The van der Waals surface area contributed by atoms with Crippen LogP contribution in [0.1, 0.15) is 20.3 Å². The van der Waals surface area contributed by atoms with E-state index in [1.807, 2.05) is 0 Å². The van der Waals surface area contributed by atoms with Gasteiger partial charge in [-0.2, -0.15) is 0 Å². The fraction of sp³-hybridized carbons (Fsp3) is 0.875. The van der Waals surface area contributed by atoms with E-state index in [0.29, 0.717) is 5.92 Å². The summed E-state index contributed by atoms with van der Waals surface area (Å²) >= 11 is 0. The summed E-state index contributed by atoms with van der Waals surface area (Å²) in [7, 11) is 0. The largest absolute Gasteiger partial charge is 0.481 e. The van der Waals surface area contributed by atoms with E-state index in [2.05, 4.69) is 19.2 Å². The van der Waals surface area contributed by atoms with Crippen molar-refractivity contribution in [2.24, 2.45) is 11.8 Å². The lowest BCUT2D eigenvalue weighted by atomic mass is 9.92. The van der Waals surface area contributed by atoms with Gasteiger partial charge in [0, 0.05) is 6.04 Å². The normalized spacial score (nSPS) is 31.2. The zero-order valence-corrected chi connectivity index (χ0v) is 7.00. The van der Waals surface area contributed by atoms with Crippen LogP contribution in [0.25, 0.3) is 0 Å². The molecule has 64 valence electrons. The Balaban J connectivity index is 2.58. The summed E-state index contributed by atoms with van der Waals surface area (Å²) in [5, 5.41) is 12.0. The molecular formula is C8H15NO2. The molecule has 3 nitrogen and oxygen atoms in total. The van der Waals surface area contributed by atoms with Crippen molar-refractivity contribution in [3.05, 3.63) is 0 Å². The fourth-order valence-corrected chi connectivity index (χ4v) is 1.70. The lowest BCUT2D eigenvalue weighted by molar-refractivity contribution is -0.142. The van der Waals surface area contributed by atoms with Crippen LogP contribution < -0.4 is 5.32 Å². The molecule has 1 heterocycles. The molecule has 0 unspecified atom stereocenters. The first kappa shape index (κ1) is 8.53. The van der Waals surface area contributed by atoms with E-state index < -0.39 is 5.97 Å². The van der Waals surface area contributed by atoms with Crippen LogP contribution in [0.3, 0.4) is 0 Å². The van der Waals surface area contributed by atoms with Crippen molar-refractivity contribution < 1.29 is 9.90 Å². The molecule has 1 aliphatic heterocycles. The van der Waals surface area contributed by atoms with E-state index in [-0.39, 0.29) is 12.0 Å². The van der Waals surface area contributed by atoms with Gasteiger partial charge in [0.05, 0.1) is 5.92 Å². The van der Waals surface area contributed by atoms with Crippen molar-refractivity contribution in [3.63, 3.8) is 0 Å². The van der Waals surface area contributed by atoms with Gasteiger partial charge in [-0.3, -0.25) is 4.79 Å². The second-order valence-corrected chi connectivity index (χ2v) is 3.46.